The summed E-state index contributed by atoms with van der Waals surface area (Å²) in [6.07, 6.45) is 0.984. The van der Waals surface area contributed by atoms with E-state index < -0.39 is 0 Å². The number of nitrogens with one attached hydrogen (secondary N) is 1. The van der Waals surface area contributed by atoms with Gasteiger partial charge in [0.2, 0.25) is 0 Å². The molecule has 0 unspecified atom stereocenters. The first-order chi connectivity index (χ1) is 6.63. The van der Waals surface area contributed by atoms with E-state index in [2.05, 4.69) is 15.0 Å². The maximum absolute atomic E-state index is 8.44. The Morgan fingerprint density at radius 3 is 2.93 bits per heavy atom. The highest BCUT2D eigenvalue weighted by Gasteiger charge is 2.06. The van der Waals surface area contributed by atoms with Gasteiger partial charge in [-0.15, -0.1) is 0 Å². The van der Waals surface area contributed by atoms with E-state index >= 15 is 0 Å². The second-order valence-corrected chi connectivity index (χ2v) is 2.82. The van der Waals surface area contributed by atoms with Crippen LogP contribution in [0, 0.1) is 18.3 Å². The molecule has 6 heteroatoms. The van der Waals surface area contributed by atoms with Crippen molar-refractivity contribution in [3.05, 3.63) is 11.5 Å². The number of aromatic nitrogens is 2. The van der Waals surface area contributed by atoms with E-state index in [0.717, 1.165) is 11.5 Å². The van der Waals surface area contributed by atoms with Gasteiger partial charge in [-0.25, -0.2) is 4.98 Å². The van der Waals surface area contributed by atoms with Gasteiger partial charge in [0.1, 0.15) is 5.82 Å². The molecule has 0 aliphatic rings. The number of rotatable bonds is 3. The van der Waals surface area contributed by atoms with Crippen LogP contribution in [0.4, 0.5) is 5.82 Å². The van der Waals surface area contributed by atoms with Crippen LogP contribution in [-0.4, -0.2) is 15.9 Å². The van der Waals surface area contributed by atoms with Gasteiger partial charge in [-0.05, 0) is 6.92 Å². The Hall–Kier alpha value is -2.03. The molecule has 0 aliphatic heterocycles. The molecule has 0 bridgehead atoms. The third-order valence-corrected chi connectivity index (χ3v) is 1.60. The molecular weight excluding hydrogens is 180 g/mol. The summed E-state index contributed by atoms with van der Waals surface area (Å²) in [5.74, 6) is 1.17. The molecule has 0 saturated heterocycles. The summed E-state index contributed by atoms with van der Waals surface area (Å²) in [5, 5.41) is 8.44. The molecule has 0 atom stereocenters. The normalized spacial score (nSPS) is 9.43. The second kappa shape index (κ2) is 4.28. The SMILES string of the molecule is Cc1nc(N=C(N)N)c(CCC#N)[nH]1. The second-order valence-electron chi connectivity index (χ2n) is 2.82. The standard InChI is InChI=1S/C8H12N6/c1-5-12-6(3-2-4-9)7(13-5)14-8(10)11/h2-3H2,1H3,(H,12,13)(H4,10,11,14). The van der Waals surface area contributed by atoms with Crippen molar-refractivity contribution in [2.45, 2.75) is 19.8 Å². The fourth-order valence-electron chi connectivity index (χ4n) is 1.10. The van der Waals surface area contributed by atoms with Crippen molar-refractivity contribution in [1.29, 1.82) is 5.26 Å². The number of aromatic amines is 1. The zero-order valence-electron chi connectivity index (χ0n) is 7.91. The van der Waals surface area contributed by atoms with Gasteiger partial charge in [0, 0.05) is 12.8 Å². The van der Waals surface area contributed by atoms with E-state index in [1.165, 1.54) is 0 Å². The number of hydrogen-bond acceptors (Lipinski definition) is 3. The molecule has 1 aromatic heterocycles. The van der Waals surface area contributed by atoms with Crippen LogP contribution in [0.1, 0.15) is 17.9 Å². The fourth-order valence-corrected chi connectivity index (χ4v) is 1.10. The number of nitriles is 1. The zero-order chi connectivity index (χ0) is 10.6. The molecule has 0 radical (unpaired) electrons. The van der Waals surface area contributed by atoms with E-state index in [-0.39, 0.29) is 5.96 Å². The van der Waals surface area contributed by atoms with Crippen molar-refractivity contribution < 1.29 is 0 Å². The van der Waals surface area contributed by atoms with Crippen LogP contribution >= 0.6 is 0 Å². The smallest absolute Gasteiger partial charge is 0.192 e. The van der Waals surface area contributed by atoms with E-state index in [0.29, 0.717) is 18.7 Å². The Balaban J connectivity index is 2.92. The lowest BCUT2D eigenvalue weighted by Gasteiger charge is -1.94. The Labute approximate surface area is 81.7 Å². The molecule has 14 heavy (non-hydrogen) atoms. The van der Waals surface area contributed by atoms with Crippen molar-refractivity contribution >= 4 is 11.8 Å². The maximum Gasteiger partial charge on any atom is 0.192 e. The van der Waals surface area contributed by atoms with Crippen molar-refractivity contribution in [3.8, 4) is 6.07 Å². The molecule has 6 nitrogen and oxygen atoms in total. The highest BCUT2D eigenvalue weighted by Crippen LogP contribution is 2.16. The van der Waals surface area contributed by atoms with Crippen molar-refractivity contribution in [1.82, 2.24) is 9.97 Å². The van der Waals surface area contributed by atoms with Crippen LogP contribution < -0.4 is 11.5 Å². The van der Waals surface area contributed by atoms with Gasteiger partial charge in [-0.1, -0.05) is 0 Å². The predicted octanol–water partition coefficient (Wildman–Crippen LogP) is 0.0792. The van der Waals surface area contributed by atoms with Gasteiger partial charge in [-0.3, -0.25) is 0 Å². The number of imidazole rings is 1. The minimum atomic E-state index is -0.0327. The average molecular weight is 192 g/mol. The summed E-state index contributed by atoms with van der Waals surface area (Å²) in [5.41, 5.74) is 11.3. The first-order valence-corrected chi connectivity index (χ1v) is 4.15. The first kappa shape index (κ1) is 10.1. The lowest BCUT2D eigenvalue weighted by molar-refractivity contribution is 0.957. The van der Waals surface area contributed by atoms with Gasteiger partial charge in [0.25, 0.3) is 0 Å². The first-order valence-electron chi connectivity index (χ1n) is 4.15. The van der Waals surface area contributed by atoms with Crippen LogP contribution in [-0.2, 0) is 6.42 Å². The highest BCUT2D eigenvalue weighted by molar-refractivity contribution is 5.78. The number of guanidine groups is 1. The van der Waals surface area contributed by atoms with Crippen molar-refractivity contribution in [2.75, 3.05) is 0 Å². The van der Waals surface area contributed by atoms with Gasteiger partial charge in [-0.2, -0.15) is 10.3 Å². The van der Waals surface area contributed by atoms with Gasteiger partial charge in [0.05, 0.1) is 11.8 Å². The number of hydrogen-bond donors (Lipinski definition) is 3. The van der Waals surface area contributed by atoms with Gasteiger partial charge < -0.3 is 16.5 Å². The van der Waals surface area contributed by atoms with Crippen LogP contribution in [0.25, 0.3) is 0 Å². The third-order valence-electron chi connectivity index (χ3n) is 1.60. The summed E-state index contributed by atoms with van der Waals surface area (Å²) >= 11 is 0. The van der Waals surface area contributed by atoms with Crippen molar-refractivity contribution in [3.63, 3.8) is 0 Å². The predicted molar refractivity (Wildman–Crippen MR) is 52.7 cm³/mol. The lowest BCUT2D eigenvalue weighted by atomic mass is 10.2. The number of H-pyrrole nitrogens is 1. The Morgan fingerprint density at radius 1 is 1.64 bits per heavy atom. The minimum Gasteiger partial charge on any atom is -0.370 e. The third kappa shape index (κ3) is 2.48. The Bertz CT molecular complexity index is 379. The Morgan fingerprint density at radius 2 is 2.36 bits per heavy atom. The lowest BCUT2D eigenvalue weighted by Crippen LogP contribution is -2.22. The molecule has 0 aliphatic carbocycles. The number of aryl methyl sites for hydroxylation is 2. The van der Waals surface area contributed by atoms with Crippen molar-refractivity contribution in [2.24, 2.45) is 16.5 Å². The van der Waals surface area contributed by atoms with Crippen LogP contribution in [0.15, 0.2) is 4.99 Å². The molecule has 1 heterocycles. The molecule has 74 valence electrons. The molecule has 1 rings (SSSR count). The number of aliphatic imine (C=N–C) groups is 1. The number of nitrogens with zero attached hydrogens (tertiary/aromatic N) is 3. The largest absolute Gasteiger partial charge is 0.370 e. The van der Waals surface area contributed by atoms with E-state index in [1.807, 2.05) is 13.0 Å². The summed E-state index contributed by atoms with van der Waals surface area (Å²) in [7, 11) is 0. The van der Waals surface area contributed by atoms with Crippen LogP contribution in [0.2, 0.25) is 0 Å². The van der Waals surface area contributed by atoms with E-state index in [1.54, 1.807) is 0 Å². The molecule has 0 aromatic carbocycles. The summed E-state index contributed by atoms with van der Waals surface area (Å²) in [4.78, 5) is 10.9. The van der Waals surface area contributed by atoms with Crippen LogP contribution in [0.3, 0.4) is 0 Å². The molecular formula is C8H12N6. The molecule has 0 fully saturated rings. The fraction of sp³-hybridized carbons (Fsp3) is 0.375. The van der Waals surface area contributed by atoms with Crippen LogP contribution in [0.5, 0.6) is 0 Å². The van der Waals surface area contributed by atoms with Gasteiger partial charge in [0.15, 0.2) is 11.8 Å². The Kier molecular flexibility index (Phi) is 3.07. The molecule has 5 N–H and O–H groups in total. The van der Waals surface area contributed by atoms with Gasteiger partial charge >= 0.3 is 0 Å². The summed E-state index contributed by atoms with van der Waals surface area (Å²) in [6.45, 7) is 1.81. The topological polar surface area (TPSA) is 117 Å². The number of nitrogens with two attached hydrogens (primary N) is 2. The van der Waals surface area contributed by atoms with E-state index in [4.69, 9.17) is 16.7 Å². The maximum atomic E-state index is 8.44. The summed E-state index contributed by atoms with van der Waals surface area (Å²) in [6, 6.07) is 2.05. The molecule has 0 spiro atoms. The summed E-state index contributed by atoms with van der Waals surface area (Å²) < 4.78 is 0. The minimum absolute atomic E-state index is 0.0327. The molecule has 0 saturated carbocycles. The monoisotopic (exact) mass is 192 g/mol. The van der Waals surface area contributed by atoms with E-state index in [9.17, 15) is 0 Å². The average Bonchev–Trinajstić information content (AvgIpc) is 2.41. The highest BCUT2D eigenvalue weighted by atomic mass is 15.1. The molecule has 0 amide bonds. The zero-order valence-corrected chi connectivity index (χ0v) is 7.91. The molecule has 1 aromatic rings. The quantitative estimate of drug-likeness (QED) is 0.464.